The third kappa shape index (κ3) is 41.5. The van der Waals surface area contributed by atoms with E-state index < -0.39 is 124 Å². The first-order valence-corrected chi connectivity index (χ1v) is 40.7. The number of amides is 1. The highest BCUT2D eigenvalue weighted by atomic mass is 16.8. The van der Waals surface area contributed by atoms with Gasteiger partial charge < -0.3 is 89.9 Å². The molecule has 12 N–H and O–H groups in total. The van der Waals surface area contributed by atoms with Gasteiger partial charge in [-0.3, -0.25) is 4.79 Å². The van der Waals surface area contributed by atoms with Gasteiger partial charge in [0.1, 0.15) is 73.2 Å². The molecule has 0 radical (unpaired) electrons. The minimum atomic E-state index is -1.98. The van der Waals surface area contributed by atoms with Crippen LogP contribution < -0.4 is 5.32 Å². The molecule has 19 heteroatoms. The molecule has 0 bridgehead atoms. The molecule has 3 aliphatic rings. The predicted molar refractivity (Wildman–Crippen MR) is 393 cm³/mol. The van der Waals surface area contributed by atoms with Crippen LogP contribution >= 0.6 is 0 Å². The number of unbranched alkanes of at least 4 members (excludes halogenated alkanes) is 45. The Morgan fingerprint density at radius 1 is 0.354 bits per heavy atom. The van der Waals surface area contributed by atoms with Crippen LogP contribution in [0.3, 0.4) is 0 Å². The fourth-order valence-corrected chi connectivity index (χ4v) is 13.9. The number of carbonyl (C=O) groups excluding carboxylic acids is 1. The smallest absolute Gasteiger partial charge is 0.220 e. The zero-order valence-corrected chi connectivity index (χ0v) is 62.2. The number of ether oxygens (including phenoxy) is 6. The Morgan fingerprint density at radius 3 is 1.01 bits per heavy atom. The third-order valence-electron chi connectivity index (χ3n) is 20.4. The zero-order chi connectivity index (χ0) is 71.8. The molecule has 0 saturated carbocycles. The minimum absolute atomic E-state index is 0.240. The number of aliphatic hydroxyl groups is 11. The molecule has 3 heterocycles. The molecular formula is C80H149NO18. The van der Waals surface area contributed by atoms with E-state index >= 15 is 0 Å². The lowest BCUT2D eigenvalue weighted by atomic mass is 9.96. The summed E-state index contributed by atoms with van der Waals surface area (Å²) in [5.74, 6) is -0.279. The Balaban J connectivity index is 1.32. The number of carbonyl (C=O) groups is 1. The van der Waals surface area contributed by atoms with Gasteiger partial charge in [-0.05, 0) is 57.8 Å². The van der Waals surface area contributed by atoms with Crippen LogP contribution in [-0.2, 0) is 33.2 Å². The van der Waals surface area contributed by atoms with Gasteiger partial charge in [-0.15, -0.1) is 0 Å². The van der Waals surface area contributed by atoms with Gasteiger partial charge in [0, 0.05) is 6.42 Å². The molecule has 3 fully saturated rings. The molecule has 582 valence electrons. The van der Waals surface area contributed by atoms with Gasteiger partial charge in [-0.2, -0.15) is 0 Å². The maximum Gasteiger partial charge on any atom is 0.220 e. The molecule has 0 aromatic heterocycles. The van der Waals surface area contributed by atoms with E-state index in [4.69, 9.17) is 28.4 Å². The van der Waals surface area contributed by atoms with Crippen molar-refractivity contribution in [3.05, 3.63) is 36.5 Å². The molecule has 0 aromatic carbocycles. The Morgan fingerprint density at radius 2 is 0.646 bits per heavy atom. The van der Waals surface area contributed by atoms with E-state index in [1.165, 1.54) is 263 Å². The van der Waals surface area contributed by atoms with E-state index in [0.717, 1.165) is 38.5 Å². The fourth-order valence-electron chi connectivity index (χ4n) is 13.9. The average Bonchev–Trinajstić information content (AvgIpc) is 0.786. The number of hydrogen-bond acceptors (Lipinski definition) is 18. The SMILES string of the molecule is CCCCCCCCCC/C=C\CCCCCCCCCCCCCCCCCCCCCCCCCCCC(=O)NC(COC1OC(CO)C(OC2OC(CO)C(OC3OC(CO)C(O)C(O)C3O)C(O)C2O)C(O)C1O)C(O)/C=C/CC/C=C/CCCCCCCCCCCCC. The van der Waals surface area contributed by atoms with Crippen molar-refractivity contribution in [1.29, 1.82) is 0 Å². The van der Waals surface area contributed by atoms with Crippen LogP contribution in [0, 0.1) is 0 Å². The first-order valence-electron chi connectivity index (χ1n) is 40.7. The molecule has 0 spiro atoms. The molecule has 0 aromatic rings. The maximum atomic E-state index is 13.5. The Bertz CT molecular complexity index is 1930. The number of rotatable bonds is 65. The van der Waals surface area contributed by atoms with E-state index in [-0.39, 0.29) is 18.9 Å². The van der Waals surface area contributed by atoms with Crippen molar-refractivity contribution in [1.82, 2.24) is 5.32 Å². The molecule has 17 atom stereocenters. The number of hydrogen-bond donors (Lipinski definition) is 12. The molecule has 0 aliphatic carbocycles. The van der Waals surface area contributed by atoms with Crippen molar-refractivity contribution in [3.63, 3.8) is 0 Å². The van der Waals surface area contributed by atoms with E-state index in [1.54, 1.807) is 6.08 Å². The number of nitrogens with one attached hydrogen (secondary N) is 1. The highest BCUT2D eigenvalue weighted by Gasteiger charge is 2.54. The van der Waals surface area contributed by atoms with Crippen molar-refractivity contribution in [2.75, 3.05) is 26.4 Å². The van der Waals surface area contributed by atoms with E-state index in [1.807, 2.05) is 6.08 Å². The van der Waals surface area contributed by atoms with Crippen LogP contribution in [0.5, 0.6) is 0 Å². The highest BCUT2D eigenvalue weighted by Crippen LogP contribution is 2.33. The van der Waals surface area contributed by atoms with Crippen LogP contribution in [0.1, 0.15) is 335 Å². The first kappa shape index (κ1) is 91.2. The highest BCUT2D eigenvalue weighted by molar-refractivity contribution is 5.76. The lowest BCUT2D eigenvalue weighted by Crippen LogP contribution is -2.66. The molecule has 17 unspecified atom stereocenters. The second-order valence-electron chi connectivity index (χ2n) is 29.2. The van der Waals surface area contributed by atoms with Crippen LogP contribution in [0.2, 0.25) is 0 Å². The zero-order valence-electron chi connectivity index (χ0n) is 62.2. The molecule has 19 nitrogen and oxygen atoms in total. The summed E-state index contributed by atoms with van der Waals surface area (Å²) < 4.78 is 34.4. The Labute approximate surface area is 600 Å². The maximum absolute atomic E-state index is 13.5. The van der Waals surface area contributed by atoms with Gasteiger partial charge in [-0.25, -0.2) is 0 Å². The topological polar surface area (TPSA) is 307 Å². The quantitative estimate of drug-likeness (QED) is 0.0199. The standard InChI is InChI=1S/C80H149NO18/c1-3-5-7-9-11-13-15-17-19-21-22-23-24-25-26-27-28-29-30-31-32-33-34-35-36-37-38-39-40-42-44-46-48-50-52-54-56-58-68(86)81-63(64(85)57-55-53-51-49-47-45-43-41-20-18-16-14-12-10-8-6-4-2)62-94-78-74(92)71(89)76(66(60-83)96-78)99-80-75(93)72(90)77(67(61-84)97-80)98-79-73(91)70(88)69(87)65(59-82)95-79/h21-22,47,49,55,57,63-67,69-80,82-85,87-93H,3-20,23-46,48,50-54,56,58-62H2,1-2H3,(H,81,86)/b22-21-,49-47+,57-55+. The van der Waals surface area contributed by atoms with Crippen molar-refractivity contribution in [2.24, 2.45) is 0 Å². The van der Waals surface area contributed by atoms with Crippen molar-refractivity contribution < 1.29 is 89.4 Å². The normalized spacial score (nSPS) is 26.7. The lowest BCUT2D eigenvalue weighted by molar-refractivity contribution is -0.379. The summed E-state index contributed by atoms with van der Waals surface area (Å²) in [5, 5.41) is 121. The summed E-state index contributed by atoms with van der Waals surface area (Å²) in [6, 6.07) is -0.988. The molecule has 3 rings (SSSR count). The van der Waals surface area contributed by atoms with Crippen molar-refractivity contribution >= 4 is 5.91 Å². The first-order chi connectivity index (χ1) is 48.3. The summed E-state index contributed by atoms with van der Waals surface area (Å²) in [7, 11) is 0. The molecule has 3 saturated heterocycles. The summed E-state index contributed by atoms with van der Waals surface area (Å²) in [6.45, 7) is 1.75. The summed E-state index contributed by atoms with van der Waals surface area (Å²) in [5.41, 5.74) is 0. The van der Waals surface area contributed by atoms with Crippen LogP contribution in [0.25, 0.3) is 0 Å². The van der Waals surface area contributed by atoms with E-state index in [9.17, 15) is 61.0 Å². The average molecular weight is 1410 g/mol. The van der Waals surface area contributed by atoms with Gasteiger partial charge in [0.05, 0.1) is 38.6 Å². The van der Waals surface area contributed by atoms with Gasteiger partial charge in [0.15, 0.2) is 18.9 Å². The summed E-state index contributed by atoms with van der Waals surface area (Å²) in [4.78, 5) is 13.5. The fraction of sp³-hybridized carbons (Fsp3) is 0.912. The second-order valence-corrected chi connectivity index (χ2v) is 29.2. The van der Waals surface area contributed by atoms with Crippen LogP contribution in [-0.4, -0.2) is 193 Å². The van der Waals surface area contributed by atoms with Crippen LogP contribution in [0.4, 0.5) is 0 Å². The lowest BCUT2D eigenvalue weighted by Gasteiger charge is -2.48. The van der Waals surface area contributed by atoms with Crippen molar-refractivity contribution in [2.45, 2.75) is 439 Å². The number of allylic oxidation sites excluding steroid dienone is 5. The largest absolute Gasteiger partial charge is 0.394 e. The molecular weight excluding hydrogens is 1260 g/mol. The van der Waals surface area contributed by atoms with Gasteiger partial charge in [0.25, 0.3) is 0 Å². The summed E-state index contributed by atoms with van der Waals surface area (Å²) in [6.07, 6.45) is 48.8. The summed E-state index contributed by atoms with van der Waals surface area (Å²) >= 11 is 0. The second kappa shape index (κ2) is 61.2. The van der Waals surface area contributed by atoms with E-state index in [2.05, 4.69) is 43.5 Å². The Hall–Kier alpha value is -1.99. The molecule has 1 amide bonds. The van der Waals surface area contributed by atoms with Gasteiger partial charge >= 0.3 is 0 Å². The van der Waals surface area contributed by atoms with Gasteiger partial charge in [0.2, 0.25) is 5.91 Å². The third-order valence-corrected chi connectivity index (χ3v) is 20.4. The monoisotopic (exact) mass is 1410 g/mol. The Kier molecular flexibility index (Phi) is 56.4. The minimum Gasteiger partial charge on any atom is -0.394 e. The van der Waals surface area contributed by atoms with Gasteiger partial charge in [-0.1, -0.05) is 307 Å². The van der Waals surface area contributed by atoms with Crippen LogP contribution in [0.15, 0.2) is 36.5 Å². The molecule has 3 aliphatic heterocycles. The predicted octanol–water partition coefficient (Wildman–Crippen LogP) is 13.5. The molecule has 99 heavy (non-hydrogen) atoms. The van der Waals surface area contributed by atoms with E-state index in [0.29, 0.717) is 12.8 Å². The number of aliphatic hydroxyl groups excluding tert-OH is 11. The van der Waals surface area contributed by atoms with Crippen molar-refractivity contribution in [3.8, 4) is 0 Å².